The van der Waals surface area contributed by atoms with Gasteiger partial charge in [-0.2, -0.15) is 0 Å². The number of nitrogens with zero attached hydrogens (tertiary/aromatic N) is 4. The van der Waals surface area contributed by atoms with Crippen molar-refractivity contribution in [1.82, 2.24) is 19.2 Å². The summed E-state index contributed by atoms with van der Waals surface area (Å²) in [4.78, 5) is 2.46. The Hall–Kier alpha value is -1.95. The van der Waals surface area contributed by atoms with E-state index in [9.17, 15) is 0 Å². The first-order valence-electron chi connectivity index (χ1n) is 9.39. The number of para-hydroxylation sites is 1. The third-order valence-electron chi connectivity index (χ3n) is 5.22. The molecule has 1 fully saturated rings. The number of aromatic nitrogens is 3. The van der Waals surface area contributed by atoms with E-state index in [2.05, 4.69) is 11.8 Å². The molecule has 4 nitrogen and oxygen atoms in total. The van der Waals surface area contributed by atoms with Gasteiger partial charge >= 0.3 is 0 Å². The summed E-state index contributed by atoms with van der Waals surface area (Å²) in [5.74, 6) is 0.779. The molecule has 1 aromatic heterocycles. The van der Waals surface area contributed by atoms with E-state index in [1.165, 1.54) is 19.3 Å². The van der Waals surface area contributed by atoms with Gasteiger partial charge in [-0.05, 0) is 56.2 Å². The maximum absolute atomic E-state index is 6.49. The van der Waals surface area contributed by atoms with Gasteiger partial charge in [-0.3, -0.25) is 9.47 Å². The number of benzene rings is 2. The second-order valence-corrected chi connectivity index (χ2v) is 7.83. The van der Waals surface area contributed by atoms with Crippen LogP contribution in [0.25, 0.3) is 17.1 Å². The molecule has 0 saturated carbocycles. The van der Waals surface area contributed by atoms with Crippen LogP contribution >= 0.6 is 23.8 Å². The predicted octanol–water partition coefficient (Wildman–Crippen LogP) is 5.56. The number of rotatable bonds is 4. The lowest BCUT2D eigenvalue weighted by atomic mass is 10.0. The summed E-state index contributed by atoms with van der Waals surface area (Å²) in [5, 5.41) is 5.57. The molecular weight excluding hydrogens is 376 g/mol. The largest absolute Gasteiger partial charge is 0.282 e. The topological polar surface area (TPSA) is 26.0 Å². The Morgan fingerprint density at radius 2 is 1.81 bits per heavy atom. The van der Waals surface area contributed by atoms with Crippen LogP contribution in [0.15, 0.2) is 54.6 Å². The first-order chi connectivity index (χ1) is 13.1. The minimum absolute atomic E-state index is 0.547. The Balaban J connectivity index is 1.82. The zero-order valence-corrected chi connectivity index (χ0v) is 17.0. The molecule has 0 amide bonds. The molecule has 3 aromatic rings. The van der Waals surface area contributed by atoms with E-state index in [0.29, 0.717) is 22.5 Å². The van der Waals surface area contributed by atoms with E-state index in [4.69, 9.17) is 28.9 Å². The fourth-order valence-corrected chi connectivity index (χ4v) is 4.18. The molecule has 2 heterocycles. The maximum atomic E-state index is 6.49. The van der Waals surface area contributed by atoms with Gasteiger partial charge in [0.15, 0.2) is 5.82 Å². The van der Waals surface area contributed by atoms with Crippen LogP contribution in [0.1, 0.15) is 26.2 Å². The van der Waals surface area contributed by atoms with E-state index in [1.807, 2.05) is 63.8 Å². The Morgan fingerprint density at radius 1 is 1.07 bits per heavy atom. The van der Waals surface area contributed by atoms with Crippen molar-refractivity contribution in [2.45, 2.75) is 38.9 Å². The van der Waals surface area contributed by atoms with Crippen molar-refractivity contribution in [2.24, 2.45) is 0 Å². The summed E-state index contributed by atoms with van der Waals surface area (Å²) >= 11 is 12.3. The molecule has 6 heteroatoms. The number of hydrogen-bond acceptors (Lipinski definition) is 3. The molecule has 0 radical (unpaired) electrons. The summed E-state index contributed by atoms with van der Waals surface area (Å²) in [7, 11) is 0. The molecule has 27 heavy (non-hydrogen) atoms. The van der Waals surface area contributed by atoms with Gasteiger partial charge in [0.1, 0.15) is 0 Å². The monoisotopic (exact) mass is 398 g/mol. The van der Waals surface area contributed by atoms with Gasteiger partial charge in [0.05, 0.1) is 11.7 Å². The van der Waals surface area contributed by atoms with Crippen LogP contribution in [-0.2, 0) is 6.67 Å². The lowest BCUT2D eigenvalue weighted by Crippen LogP contribution is -2.38. The van der Waals surface area contributed by atoms with Crippen molar-refractivity contribution >= 4 is 23.8 Å². The average molecular weight is 399 g/mol. The van der Waals surface area contributed by atoms with Crippen LogP contribution < -0.4 is 0 Å². The highest BCUT2D eigenvalue weighted by Gasteiger charge is 2.22. The summed E-state index contributed by atoms with van der Waals surface area (Å²) in [6, 6.07) is 18.5. The van der Waals surface area contributed by atoms with Crippen molar-refractivity contribution in [2.75, 3.05) is 6.54 Å². The molecule has 1 aliphatic heterocycles. The van der Waals surface area contributed by atoms with E-state index in [0.717, 1.165) is 23.6 Å². The summed E-state index contributed by atoms with van der Waals surface area (Å²) in [6.07, 6.45) is 3.75. The van der Waals surface area contributed by atoms with Crippen molar-refractivity contribution in [3.05, 3.63) is 64.4 Å². The minimum Gasteiger partial charge on any atom is -0.282 e. The standard InChI is InChI=1S/C21H23ClN4S/c1-16-9-7-8-14-24(16)15-25-21(27)26(17-10-3-2-4-11-17)20(23-25)18-12-5-6-13-19(18)22/h2-6,10-13,16H,7-9,14-15H2,1H3/t16-/m1/s1. The number of halogens is 1. The second-order valence-electron chi connectivity index (χ2n) is 7.06. The van der Waals surface area contributed by atoms with E-state index >= 15 is 0 Å². The quantitative estimate of drug-likeness (QED) is 0.538. The Morgan fingerprint density at radius 3 is 2.56 bits per heavy atom. The highest BCUT2D eigenvalue weighted by Crippen LogP contribution is 2.29. The van der Waals surface area contributed by atoms with Crippen LogP contribution in [-0.4, -0.2) is 31.8 Å². The first-order valence-corrected chi connectivity index (χ1v) is 10.2. The molecule has 1 aliphatic rings. The lowest BCUT2D eigenvalue weighted by molar-refractivity contribution is 0.114. The summed E-state index contributed by atoms with van der Waals surface area (Å²) < 4.78 is 4.64. The fourth-order valence-electron chi connectivity index (χ4n) is 3.67. The Labute approximate surface area is 170 Å². The highest BCUT2D eigenvalue weighted by molar-refractivity contribution is 7.71. The Bertz CT molecular complexity index is 979. The van der Waals surface area contributed by atoms with Crippen LogP contribution in [0.4, 0.5) is 0 Å². The third kappa shape index (κ3) is 3.72. The van der Waals surface area contributed by atoms with Crippen LogP contribution in [0.2, 0.25) is 5.02 Å². The van der Waals surface area contributed by atoms with E-state index in [-0.39, 0.29) is 0 Å². The second kappa shape index (κ2) is 7.97. The van der Waals surface area contributed by atoms with Crippen LogP contribution in [0, 0.1) is 4.77 Å². The lowest BCUT2D eigenvalue weighted by Gasteiger charge is -2.32. The molecular formula is C21H23ClN4S. The zero-order valence-electron chi connectivity index (χ0n) is 15.4. The maximum Gasteiger partial charge on any atom is 0.204 e. The van der Waals surface area contributed by atoms with Gasteiger partial charge in [-0.25, -0.2) is 4.68 Å². The van der Waals surface area contributed by atoms with Gasteiger partial charge in [0.25, 0.3) is 0 Å². The van der Waals surface area contributed by atoms with Gasteiger partial charge in [-0.1, -0.05) is 48.4 Å². The predicted molar refractivity (Wildman–Crippen MR) is 113 cm³/mol. The van der Waals surface area contributed by atoms with Crippen LogP contribution in [0.5, 0.6) is 0 Å². The normalized spacial score (nSPS) is 17.9. The first kappa shape index (κ1) is 18.4. The molecule has 4 rings (SSSR count). The average Bonchev–Trinajstić information content (AvgIpc) is 3.01. The van der Waals surface area contributed by atoms with Crippen molar-refractivity contribution in [3.63, 3.8) is 0 Å². The van der Waals surface area contributed by atoms with E-state index in [1.54, 1.807) is 0 Å². The van der Waals surface area contributed by atoms with Crippen molar-refractivity contribution < 1.29 is 0 Å². The molecule has 140 valence electrons. The number of piperidine rings is 1. The highest BCUT2D eigenvalue weighted by atomic mass is 35.5. The van der Waals surface area contributed by atoms with E-state index < -0.39 is 0 Å². The molecule has 0 spiro atoms. The summed E-state index contributed by atoms with van der Waals surface area (Å²) in [6.45, 7) is 4.08. The zero-order chi connectivity index (χ0) is 18.8. The summed E-state index contributed by atoms with van der Waals surface area (Å²) in [5.41, 5.74) is 1.88. The van der Waals surface area contributed by atoms with Crippen molar-refractivity contribution in [1.29, 1.82) is 0 Å². The minimum atomic E-state index is 0.547. The fraction of sp³-hybridized carbons (Fsp3) is 0.333. The molecule has 0 unspecified atom stereocenters. The van der Waals surface area contributed by atoms with Gasteiger partial charge < -0.3 is 0 Å². The van der Waals surface area contributed by atoms with Crippen LogP contribution in [0.3, 0.4) is 0 Å². The molecule has 0 N–H and O–H groups in total. The van der Waals surface area contributed by atoms with Gasteiger partial charge in [-0.15, -0.1) is 5.10 Å². The third-order valence-corrected chi connectivity index (χ3v) is 5.95. The smallest absolute Gasteiger partial charge is 0.204 e. The van der Waals surface area contributed by atoms with Gasteiger partial charge in [0, 0.05) is 23.8 Å². The van der Waals surface area contributed by atoms with Crippen molar-refractivity contribution in [3.8, 4) is 17.1 Å². The molecule has 1 atom stereocenters. The molecule has 0 aliphatic carbocycles. The Kier molecular flexibility index (Phi) is 5.43. The molecule has 1 saturated heterocycles. The number of likely N-dealkylation sites (tertiary alicyclic amines) is 1. The molecule has 2 aromatic carbocycles. The number of hydrogen-bond donors (Lipinski definition) is 0. The SMILES string of the molecule is C[C@@H]1CCCCN1Cn1nc(-c2ccccc2Cl)n(-c2ccccc2)c1=S. The van der Waals surface area contributed by atoms with Gasteiger partial charge in [0.2, 0.25) is 4.77 Å². The molecule has 0 bridgehead atoms.